The van der Waals surface area contributed by atoms with Gasteiger partial charge in [0, 0.05) is 13.6 Å². The maximum absolute atomic E-state index is 12.1. The van der Waals surface area contributed by atoms with Crippen molar-refractivity contribution in [3.05, 3.63) is 0 Å². The van der Waals surface area contributed by atoms with Crippen LogP contribution < -0.4 is 11.1 Å². The van der Waals surface area contributed by atoms with Gasteiger partial charge in [-0.1, -0.05) is 6.92 Å². The molecule has 21 heavy (non-hydrogen) atoms. The van der Waals surface area contributed by atoms with Crippen molar-refractivity contribution < 1.29 is 9.59 Å². The van der Waals surface area contributed by atoms with E-state index < -0.39 is 0 Å². The second-order valence-electron chi connectivity index (χ2n) is 5.90. The Kier molecular flexibility index (Phi) is 8.30. The number of hydrogen-bond donors (Lipinski definition) is 2. The zero-order valence-corrected chi connectivity index (χ0v) is 13.4. The number of likely N-dealkylation sites (tertiary alicyclic amines) is 1. The topological polar surface area (TPSA) is 78.7 Å². The average Bonchev–Trinajstić information content (AvgIpc) is 2.47. The first-order valence-corrected chi connectivity index (χ1v) is 7.99. The third kappa shape index (κ3) is 6.91. The van der Waals surface area contributed by atoms with Gasteiger partial charge in [0.25, 0.3) is 0 Å². The summed E-state index contributed by atoms with van der Waals surface area (Å²) in [6.45, 7) is 5.87. The molecule has 0 unspecified atom stereocenters. The van der Waals surface area contributed by atoms with Gasteiger partial charge in [-0.3, -0.25) is 14.5 Å². The fourth-order valence-electron chi connectivity index (χ4n) is 2.60. The van der Waals surface area contributed by atoms with E-state index in [0.717, 1.165) is 45.3 Å². The molecule has 0 radical (unpaired) electrons. The largest absolute Gasteiger partial charge is 0.355 e. The van der Waals surface area contributed by atoms with Crippen molar-refractivity contribution >= 4 is 11.8 Å². The summed E-state index contributed by atoms with van der Waals surface area (Å²) in [7, 11) is 1.69. The molecule has 0 spiro atoms. The number of nitrogens with zero attached hydrogens (tertiary/aromatic N) is 2. The van der Waals surface area contributed by atoms with E-state index in [1.165, 1.54) is 4.90 Å². The smallest absolute Gasteiger partial charge is 0.239 e. The van der Waals surface area contributed by atoms with Gasteiger partial charge in [-0.25, -0.2) is 0 Å². The zero-order chi connectivity index (χ0) is 15.7. The predicted molar refractivity (Wildman–Crippen MR) is 83.8 cm³/mol. The van der Waals surface area contributed by atoms with Gasteiger partial charge >= 0.3 is 0 Å². The monoisotopic (exact) mass is 298 g/mol. The molecule has 1 aliphatic rings. The summed E-state index contributed by atoms with van der Waals surface area (Å²) < 4.78 is 0. The van der Waals surface area contributed by atoms with Gasteiger partial charge in [0.1, 0.15) is 0 Å². The summed E-state index contributed by atoms with van der Waals surface area (Å²) in [5.74, 6) is 0.632. The molecule has 1 heterocycles. The van der Waals surface area contributed by atoms with Crippen LogP contribution in [0.3, 0.4) is 0 Å². The SMILES string of the molecule is CCCNC(=O)CN(C)C(=O)CN1CCC(CCN)CC1. The first kappa shape index (κ1) is 17.9. The van der Waals surface area contributed by atoms with Gasteiger partial charge < -0.3 is 16.0 Å². The fraction of sp³-hybridized carbons (Fsp3) is 0.867. The normalized spacial score (nSPS) is 16.7. The van der Waals surface area contributed by atoms with E-state index in [2.05, 4.69) is 10.2 Å². The Morgan fingerprint density at radius 3 is 2.57 bits per heavy atom. The van der Waals surface area contributed by atoms with Crippen LogP contribution in [0.2, 0.25) is 0 Å². The molecule has 1 aliphatic heterocycles. The standard InChI is InChI=1S/C15H30N4O2/c1-3-8-17-14(20)11-18(2)15(21)12-19-9-5-13(4-7-16)6-10-19/h13H,3-12,16H2,1-2H3,(H,17,20). The Morgan fingerprint density at radius 2 is 2.00 bits per heavy atom. The molecule has 3 N–H and O–H groups in total. The van der Waals surface area contributed by atoms with Crippen LogP contribution in [0.4, 0.5) is 0 Å². The Morgan fingerprint density at radius 1 is 1.33 bits per heavy atom. The summed E-state index contributed by atoms with van der Waals surface area (Å²) >= 11 is 0. The van der Waals surface area contributed by atoms with Crippen molar-refractivity contribution in [3.63, 3.8) is 0 Å². The Bertz CT molecular complexity index is 328. The predicted octanol–water partition coefficient (Wildman–Crippen LogP) is 0.0318. The van der Waals surface area contributed by atoms with Crippen molar-refractivity contribution in [2.75, 3.05) is 46.3 Å². The van der Waals surface area contributed by atoms with E-state index in [9.17, 15) is 9.59 Å². The summed E-state index contributed by atoms with van der Waals surface area (Å²) in [6, 6.07) is 0. The molecule has 0 aliphatic carbocycles. The van der Waals surface area contributed by atoms with E-state index in [0.29, 0.717) is 19.0 Å². The molecule has 1 rings (SSSR count). The van der Waals surface area contributed by atoms with Gasteiger partial charge in [0.15, 0.2) is 0 Å². The van der Waals surface area contributed by atoms with Crippen molar-refractivity contribution in [3.8, 4) is 0 Å². The van der Waals surface area contributed by atoms with Crippen LogP contribution in [0.5, 0.6) is 0 Å². The maximum Gasteiger partial charge on any atom is 0.239 e. The van der Waals surface area contributed by atoms with Gasteiger partial charge in [-0.15, -0.1) is 0 Å². The van der Waals surface area contributed by atoms with Crippen molar-refractivity contribution in [2.24, 2.45) is 11.7 Å². The first-order chi connectivity index (χ1) is 10.1. The van der Waals surface area contributed by atoms with Gasteiger partial charge in [0.2, 0.25) is 11.8 Å². The Labute approximate surface area is 128 Å². The molecule has 0 aromatic rings. The van der Waals surface area contributed by atoms with E-state index in [-0.39, 0.29) is 18.4 Å². The van der Waals surface area contributed by atoms with Crippen LogP contribution in [-0.4, -0.2) is 67.9 Å². The lowest BCUT2D eigenvalue weighted by Gasteiger charge is -2.32. The average molecular weight is 298 g/mol. The van der Waals surface area contributed by atoms with Gasteiger partial charge in [-0.05, 0) is 51.2 Å². The molecule has 122 valence electrons. The minimum absolute atomic E-state index is 0.0129. The minimum atomic E-state index is -0.0886. The van der Waals surface area contributed by atoms with Crippen molar-refractivity contribution in [1.82, 2.24) is 15.1 Å². The summed E-state index contributed by atoms with van der Waals surface area (Å²) in [5.41, 5.74) is 5.58. The lowest BCUT2D eigenvalue weighted by Crippen LogP contribution is -2.45. The number of nitrogens with one attached hydrogen (secondary N) is 1. The fourth-order valence-corrected chi connectivity index (χ4v) is 2.60. The van der Waals surface area contributed by atoms with Crippen LogP contribution in [0.1, 0.15) is 32.6 Å². The second kappa shape index (κ2) is 9.73. The number of likely N-dealkylation sites (N-methyl/N-ethyl adjacent to an activating group) is 1. The van der Waals surface area contributed by atoms with E-state index in [1.54, 1.807) is 7.05 Å². The molecule has 0 aromatic heterocycles. The van der Waals surface area contributed by atoms with Gasteiger partial charge in [0.05, 0.1) is 13.1 Å². The highest BCUT2D eigenvalue weighted by Gasteiger charge is 2.22. The van der Waals surface area contributed by atoms with Crippen LogP contribution in [0.15, 0.2) is 0 Å². The number of amides is 2. The number of rotatable bonds is 8. The minimum Gasteiger partial charge on any atom is -0.355 e. The molecule has 0 aromatic carbocycles. The highest BCUT2D eigenvalue weighted by Crippen LogP contribution is 2.19. The van der Waals surface area contributed by atoms with Crippen LogP contribution in [0, 0.1) is 5.92 Å². The molecule has 1 fully saturated rings. The van der Waals surface area contributed by atoms with Crippen LogP contribution in [-0.2, 0) is 9.59 Å². The van der Waals surface area contributed by atoms with Crippen molar-refractivity contribution in [1.29, 1.82) is 0 Å². The molecule has 0 saturated carbocycles. The zero-order valence-electron chi connectivity index (χ0n) is 13.4. The third-order valence-electron chi connectivity index (χ3n) is 4.02. The third-order valence-corrected chi connectivity index (χ3v) is 4.02. The number of carbonyl (C=O) groups excluding carboxylic acids is 2. The molecular weight excluding hydrogens is 268 g/mol. The number of piperidine rings is 1. The van der Waals surface area contributed by atoms with Crippen LogP contribution in [0.25, 0.3) is 0 Å². The molecule has 1 saturated heterocycles. The van der Waals surface area contributed by atoms with Crippen molar-refractivity contribution in [2.45, 2.75) is 32.6 Å². The second-order valence-corrected chi connectivity index (χ2v) is 5.90. The van der Waals surface area contributed by atoms with E-state index >= 15 is 0 Å². The molecule has 6 heteroatoms. The lowest BCUT2D eigenvalue weighted by molar-refractivity contribution is -0.135. The van der Waals surface area contributed by atoms with E-state index in [1.807, 2.05) is 6.92 Å². The highest BCUT2D eigenvalue weighted by molar-refractivity contribution is 5.85. The molecule has 6 nitrogen and oxygen atoms in total. The molecule has 0 bridgehead atoms. The Balaban J connectivity index is 2.25. The number of nitrogens with two attached hydrogens (primary N) is 1. The Hall–Kier alpha value is -1.14. The molecular formula is C15H30N4O2. The summed E-state index contributed by atoms with van der Waals surface area (Å²) in [6.07, 6.45) is 4.22. The summed E-state index contributed by atoms with van der Waals surface area (Å²) in [4.78, 5) is 27.4. The summed E-state index contributed by atoms with van der Waals surface area (Å²) in [5, 5.41) is 2.78. The first-order valence-electron chi connectivity index (χ1n) is 7.99. The van der Waals surface area contributed by atoms with E-state index in [4.69, 9.17) is 5.73 Å². The van der Waals surface area contributed by atoms with Crippen LogP contribution >= 0.6 is 0 Å². The lowest BCUT2D eigenvalue weighted by atomic mass is 9.94. The molecule has 0 atom stereocenters. The highest BCUT2D eigenvalue weighted by atomic mass is 16.2. The number of carbonyl (C=O) groups is 2. The molecule has 2 amide bonds. The maximum atomic E-state index is 12.1. The quantitative estimate of drug-likeness (QED) is 0.663. The number of hydrogen-bond acceptors (Lipinski definition) is 4. The van der Waals surface area contributed by atoms with Gasteiger partial charge in [-0.2, -0.15) is 0 Å².